The normalized spacial score (nSPS) is 17.3. The van der Waals surface area contributed by atoms with Gasteiger partial charge in [-0.25, -0.2) is 4.79 Å². The van der Waals surface area contributed by atoms with Crippen LogP contribution >= 0.6 is 0 Å². The van der Waals surface area contributed by atoms with Crippen molar-refractivity contribution in [2.45, 2.75) is 51.2 Å². The van der Waals surface area contributed by atoms with Gasteiger partial charge in [0.2, 0.25) is 0 Å². The summed E-state index contributed by atoms with van der Waals surface area (Å²) in [7, 11) is 0. The van der Waals surface area contributed by atoms with Gasteiger partial charge >= 0.3 is 5.97 Å². The average molecular weight is 420 g/mol. The second-order valence-electron chi connectivity index (χ2n) is 7.94. The zero-order valence-corrected chi connectivity index (χ0v) is 17.3. The number of esters is 1. The monoisotopic (exact) mass is 420 g/mol. The van der Waals surface area contributed by atoms with Gasteiger partial charge in [-0.15, -0.1) is 0 Å². The summed E-state index contributed by atoms with van der Waals surface area (Å²) in [5.74, 6) is -1.86. The highest BCUT2D eigenvalue weighted by Crippen LogP contribution is 2.31. The molecule has 0 unspecified atom stereocenters. The summed E-state index contributed by atoms with van der Waals surface area (Å²) in [4.78, 5) is 51.9. The van der Waals surface area contributed by atoms with Gasteiger partial charge in [-0.1, -0.05) is 37.5 Å². The van der Waals surface area contributed by atoms with Crippen LogP contribution in [0.3, 0.4) is 0 Å². The first-order chi connectivity index (χ1) is 15.0. The summed E-state index contributed by atoms with van der Waals surface area (Å²) in [5.41, 5.74) is 1.25. The minimum absolute atomic E-state index is 0.0849. The number of nitrogens with zero attached hydrogens (tertiary/aromatic N) is 1. The molecule has 7 nitrogen and oxygen atoms in total. The highest BCUT2D eigenvalue weighted by atomic mass is 16.5. The predicted octanol–water partition coefficient (Wildman–Crippen LogP) is 3.80. The van der Waals surface area contributed by atoms with Crippen LogP contribution in [0.25, 0.3) is 0 Å². The Bertz CT molecular complexity index is 1030. The maximum absolute atomic E-state index is 12.9. The van der Waals surface area contributed by atoms with Crippen LogP contribution in [0.5, 0.6) is 0 Å². The lowest BCUT2D eigenvalue weighted by atomic mass is 9.94. The Labute approximate surface area is 180 Å². The number of benzene rings is 2. The third kappa shape index (κ3) is 4.21. The van der Waals surface area contributed by atoms with Crippen molar-refractivity contribution in [3.8, 4) is 0 Å². The summed E-state index contributed by atoms with van der Waals surface area (Å²) in [6.45, 7) is 1.48. The van der Waals surface area contributed by atoms with E-state index in [0.717, 1.165) is 32.1 Å². The standard InChI is InChI=1S/C24H24N2O5/c1-15(21(27)25-17-8-4-2-5-9-17)31-24(30)16-12-13-19-20(14-16)23(29)26(22(19)28)18-10-6-3-7-11-18/h2,4-5,8-9,12-15,18H,3,6-7,10-11H2,1H3,(H,25,27)/t15-/m0/s1. The van der Waals surface area contributed by atoms with Crippen molar-refractivity contribution >= 4 is 29.4 Å². The minimum atomic E-state index is -1.03. The van der Waals surface area contributed by atoms with Gasteiger partial charge in [0.1, 0.15) is 0 Å². The number of rotatable bonds is 5. The molecule has 0 aromatic heterocycles. The quantitative estimate of drug-likeness (QED) is 0.587. The van der Waals surface area contributed by atoms with E-state index >= 15 is 0 Å². The second-order valence-corrected chi connectivity index (χ2v) is 7.94. The molecular weight excluding hydrogens is 396 g/mol. The van der Waals surface area contributed by atoms with Crippen molar-refractivity contribution in [2.75, 3.05) is 5.32 Å². The number of carbonyl (C=O) groups excluding carboxylic acids is 4. The SMILES string of the molecule is C[C@H](OC(=O)c1ccc2c(c1)C(=O)N(C1CCCCC1)C2=O)C(=O)Nc1ccccc1. The van der Waals surface area contributed by atoms with Gasteiger partial charge in [0.25, 0.3) is 17.7 Å². The number of carbonyl (C=O) groups is 4. The number of imide groups is 1. The van der Waals surface area contributed by atoms with Gasteiger partial charge in [0.15, 0.2) is 6.10 Å². The van der Waals surface area contributed by atoms with Crippen molar-refractivity contribution in [1.29, 1.82) is 0 Å². The number of ether oxygens (including phenoxy) is 1. The molecule has 1 heterocycles. The lowest BCUT2D eigenvalue weighted by Crippen LogP contribution is -2.40. The lowest BCUT2D eigenvalue weighted by Gasteiger charge is -2.29. The molecular formula is C24H24N2O5. The Hall–Kier alpha value is -3.48. The fourth-order valence-corrected chi connectivity index (χ4v) is 4.10. The fraction of sp³-hybridized carbons (Fsp3) is 0.333. The molecule has 0 radical (unpaired) electrons. The van der Waals surface area contributed by atoms with Crippen LogP contribution < -0.4 is 5.32 Å². The number of hydrogen-bond donors (Lipinski definition) is 1. The van der Waals surface area contributed by atoms with E-state index in [0.29, 0.717) is 11.3 Å². The van der Waals surface area contributed by atoms with Crippen LogP contribution in [0.4, 0.5) is 5.69 Å². The molecule has 0 bridgehead atoms. The number of para-hydroxylation sites is 1. The molecule has 3 amide bonds. The zero-order chi connectivity index (χ0) is 22.0. The van der Waals surface area contributed by atoms with E-state index in [-0.39, 0.29) is 29.0 Å². The summed E-state index contributed by atoms with van der Waals surface area (Å²) in [5, 5.41) is 2.67. The lowest BCUT2D eigenvalue weighted by molar-refractivity contribution is -0.123. The summed E-state index contributed by atoms with van der Waals surface area (Å²) in [6.07, 6.45) is 3.71. The molecule has 1 aliphatic carbocycles. The van der Waals surface area contributed by atoms with E-state index in [2.05, 4.69) is 5.32 Å². The molecule has 2 aliphatic rings. The molecule has 0 spiro atoms. The van der Waals surface area contributed by atoms with E-state index in [4.69, 9.17) is 4.74 Å². The van der Waals surface area contributed by atoms with Gasteiger partial charge in [0, 0.05) is 11.7 Å². The van der Waals surface area contributed by atoms with E-state index in [9.17, 15) is 19.2 Å². The number of nitrogens with one attached hydrogen (secondary N) is 1. The molecule has 4 rings (SSSR count). The van der Waals surface area contributed by atoms with Crippen molar-refractivity contribution in [3.63, 3.8) is 0 Å². The van der Waals surface area contributed by atoms with E-state index in [1.807, 2.05) is 6.07 Å². The summed E-state index contributed by atoms with van der Waals surface area (Å²) in [6, 6.07) is 13.1. The molecule has 1 N–H and O–H groups in total. The fourth-order valence-electron chi connectivity index (χ4n) is 4.10. The zero-order valence-electron chi connectivity index (χ0n) is 17.3. The van der Waals surface area contributed by atoms with Crippen LogP contribution in [0.1, 0.15) is 70.1 Å². The van der Waals surface area contributed by atoms with Gasteiger partial charge in [0.05, 0.1) is 16.7 Å². The van der Waals surface area contributed by atoms with Crippen LogP contribution in [0, 0.1) is 0 Å². The van der Waals surface area contributed by atoms with Crippen LogP contribution in [0.15, 0.2) is 48.5 Å². The van der Waals surface area contributed by atoms with E-state index in [1.54, 1.807) is 24.3 Å². The van der Waals surface area contributed by atoms with Gasteiger partial charge in [-0.2, -0.15) is 0 Å². The summed E-state index contributed by atoms with van der Waals surface area (Å²) < 4.78 is 5.27. The molecule has 31 heavy (non-hydrogen) atoms. The molecule has 1 atom stereocenters. The maximum atomic E-state index is 12.9. The molecule has 0 saturated heterocycles. The largest absolute Gasteiger partial charge is 0.449 e. The highest BCUT2D eigenvalue weighted by Gasteiger charge is 2.40. The van der Waals surface area contributed by atoms with Gasteiger partial charge in [-0.3, -0.25) is 19.3 Å². The predicted molar refractivity (Wildman–Crippen MR) is 114 cm³/mol. The Morgan fingerprint density at radius 1 is 0.968 bits per heavy atom. The molecule has 2 aromatic rings. The Balaban J connectivity index is 1.45. The molecule has 1 saturated carbocycles. The van der Waals surface area contributed by atoms with Crippen LogP contribution in [-0.2, 0) is 9.53 Å². The number of fused-ring (bicyclic) bond motifs is 1. The Morgan fingerprint density at radius 2 is 1.65 bits per heavy atom. The molecule has 7 heteroatoms. The second kappa shape index (κ2) is 8.71. The Kier molecular flexibility index (Phi) is 5.84. The third-order valence-corrected chi connectivity index (χ3v) is 5.79. The van der Waals surface area contributed by atoms with Gasteiger partial charge in [-0.05, 0) is 50.1 Å². The maximum Gasteiger partial charge on any atom is 0.338 e. The number of amides is 3. The minimum Gasteiger partial charge on any atom is -0.449 e. The number of hydrogen-bond acceptors (Lipinski definition) is 5. The van der Waals surface area contributed by atoms with Crippen molar-refractivity contribution < 1.29 is 23.9 Å². The van der Waals surface area contributed by atoms with Gasteiger partial charge < -0.3 is 10.1 Å². The molecule has 1 fully saturated rings. The van der Waals surface area contributed by atoms with E-state index in [1.165, 1.54) is 30.0 Å². The smallest absolute Gasteiger partial charge is 0.338 e. The first-order valence-electron chi connectivity index (χ1n) is 10.5. The van der Waals surface area contributed by atoms with Crippen molar-refractivity contribution in [3.05, 3.63) is 65.2 Å². The van der Waals surface area contributed by atoms with Crippen LogP contribution in [0.2, 0.25) is 0 Å². The first kappa shape index (κ1) is 20.8. The van der Waals surface area contributed by atoms with E-state index < -0.39 is 18.0 Å². The van der Waals surface area contributed by atoms with Crippen LogP contribution in [-0.4, -0.2) is 40.7 Å². The topological polar surface area (TPSA) is 92.8 Å². The first-order valence-corrected chi connectivity index (χ1v) is 10.5. The molecule has 2 aromatic carbocycles. The third-order valence-electron chi connectivity index (χ3n) is 5.79. The summed E-state index contributed by atoms with van der Waals surface area (Å²) >= 11 is 0. The molecule has 160 valence electrons. The Morgan fingerprint density at radius 3 is 2.35 bits per heavy atom. The van der Waals surface area contributed by atoms with Crippen molar-refractivity contribution in [1.82, 2.24) is 4.90 Å². The number of anilines is 1. The molecule has 1 aliphatic heterocycles. The average Bonchev–Trinajstić information content (AvgIpc) is 3.04. The highest BCUT2D eigenvalue weighted by molar-refractivity contribution is 6.22. The van der Waals surface area contributed by atoms with Crippen molar-refractivity contribution in [2.24, 2.45) is 0 Å².